The molecule has 0 bridgehead atoms. The largest absolute Gasteiger partial charge is 0.487 e. The predicted octanol–water partition coefficient (Wildman–Crippen LogP) is 5.70. The molecule has 0 radical (unpaired) electrons. The summed E-state index contributed by atoms with van der Waals surface area (Å²) in [5.74, 6) is 1.22. The van der Waals surface area contributed by atoms with Gasteiger partial charge in [0.25, 0.3) is 0 Å². The van der Waals surface area contributed by atoms with Crippen molar-refractivity contribution in [2.24, 2.45) is 0 Å². The smallest absolute Gasteiger partial charge is 0.305 e. The minimum absolute atomic E-state index is 0.118. The maximum absolute atomic E-state index is 11.3. The summed E-state index contributed by atoms with van der Waals surface area (Å²) < 4.78 is 16.2. The molecule has 0 fully saturated rings. The summed E-state index contributed by atoms with van der Waals surface area (Å²) >= 11 is 0. The van der Waals surface area contributed by atoms with E-state index in [1.807, 2.05) is 61.5 Å². The Hall–Kier alpha value is -3.34. The van der Waals surface area contributed by atoms with Crippen molar-refractivity contribution in [2.75, 3.05) is 6.61 Å². The number of hydrogen-bond acceptors (Lipinski definition) is 5. The summed E-state index contributed by atoms with van der Waals surface area (Å²) in [7, 11) is 0. The van der Waals surface area contributed by atoms with E-state index in [0.29, 0.717) is 25.5 Å². The normalized spacial score (nSPS) is 11.0. The van der Waals surface area contributed by atoms with Crippen LogP contribution < -0.4 is 4.74 Å². The Labute approximate surface area is 177 Å². The maximum Gasteiger partial charge on any atom is 0.305 e. The minimum atomic E-state index is -0.118. The Balaban J connectivity index is 1.40. The number of carbonyl (C=O) groups is 1. The van der Waals surface area contributed by atoms with Crippen LogP contribution in [0.3, 0.4) is 0 Å². The van der Waals surface area contributed by atoms with Crippen LogP contribution >= 0.6 is 0 Å². The van der Waals surface area contributed by atoms with Crippen LogP contribution in [0.5, 0.6) is 5.75 Å². The highest BCUT2D eigenvalue weighted by atomic mass is 16.5. The van der Waals surface area contributed by atoms with Crippen molar-refractivity contribution >= 4 is 18.1 Å². The molecule has 0 saturated carbocycles. The number of carbonyl (C=O) groups excluding carboxylic acids is 1. The number of unbranched alkanes of at least 4 members (excludes halogenated alkanes) is 1. The molecular weight excluding hydrogens is 378 g/mol. The molecule has 0 aliphatic rings. The van der Waals surface area contributed by atoms with Crippen LogP contribution in [0.4, 0.5) is 0 Å². The predicted molar refractivity (Wildman–Crippen MR) is 117 cm³/mol. The van der Waals surface area contributed by atoms with Gasteiger partial charge in [-0.2, -0.15) is 0 Å². The number of oxazole rings is 1. The van der Waals surface area contributed by atoms with Crippen molar-refractivity contribution in [3.63, 3.8) is 0 Å². The first-order valence-electron chi connectivity index (χ1n) is 10.3. The van der Waals surface area contributed by atoms with E-state index in [0.717, 1.165) is 36.3 Å². The van der Waals surface area contributed by atoms with Gasteiger partial charge in [-0.3, -0.25) is 4.79 Å². The first kappa shape index (κ1) is 21.4. The van der Waals surface area contributed by atoms with Gasteiger partial charge >= 0.3 is 5.97 Å². The fraction of sp³-hybridized carbons (Fsp3) is 0.280. The van der Waals surface area contributed by atoms with Crippen LogP contribution in [0.25, 0.3) is 12.2 Å². The number of ether oxygens (including phenoxy) is 2. The molecule has 5 heteroatoms. The second-order valence-electron chi connectivity index (χ2n) is 6.87. The number of aryl methyl sites for hydroxylation is 1. The van der Waals surface area contributed by atoms with Crippen molar-refractivity contribution in [3.05, 3.63) is 83.6 Å². The lowest BCUT2D eigenvalue weighted by molar-refractivity contribution is -0.143. The van der Waals surface area contributed by atoms with E-state index in [1.165, 1.54) is 5.56 Å². The van der Waals surface area contributed by atoms with Gasteiger partial charge in [-0.05, 0) is 55.5 Å². The highest BCUT2D eigenvalue weighted by Crippen LogP contribution is 2.16. The van der Waals surface area contributed by atoms with Crippen molar-refractivity contribution in [1.82, 2.24) is 4.98 Å². The maximum atomic E-state index is 11.3. The van der Waals surface area contributed by atoms with Crippen LogP contribution in [0.15, 0.2) is 65.3 Å². The molecule has 30 heavy (non-hydrogen) atoms. The van der Waals surface area contributed by atoms with Gasteiger partial charge in [0.05, 0.1) is 6.61 Å². The number of nitrogens with zero attached hydrogens (tertiary/aromatic N) is 1. The molecule has 1 heterocycles. The monoisotopic (exact) mass is 405 g/mol. The summed E-state index contributed by atoms with van der Waals surface area (Å²) in [4.78, 5) is 15.8. The van der Waals surface area contributed by atoms with Gasteiger partial charge < -0.3 is 13.9 Å². The number of benzene rings is 2. The molecule has 0 amide bonds. The SMILES string of the molecule is CCOC(=O)CCCCc1ccc(OCc2coc(/C=C/c3ccccc3)n2)cc1. The van der Waals surface area contributed by atoms with Crippen LogP contribution in [0, 0.1) is 0 Å². The van der Waals surface area contributed by atoms with Gasteiger partial charge in [-0.1, -0.05) is 42.5 Å². The summed E-state index contributed by atoms with van der Waals surface area (Å²) in [6.45, 7) is 2.62. The van der Waals surface area contributed by atoms with Crippen molar-refractivity contribution in [3.8, 4) is 5.75 Å². The van der Waals surface area contributed by atoms with Crippen LogP contribution in [0.2, 0.25) is 0 Å². The third kappa shape index (κ3) is 7.24. The topological polar surface area (TPSA) is 61.6 Å². The van der Waals surface area contributed by atoms with Crippen molar-refractivity contribution < 1.29 is 18.7 Å². The van der Waals surface area contributed by atoms with Gasteiger partial charge in [0, 0.05) is 12.5 Å². The first-order valence-corrected chi connectivity index (χ1v) is 10.3. The van der Waals surface area contributed by atoms with E-state index in [9.17, 15) is 4.79 Å². The summed E-state index contributed by atoms with van der Waals surface area (Å²) in [6.07, 6.45) is 8.62. The van der Waals surface area contributed by atoms with Gasteiger partial charge in [0.2, 0.25) is 5.89 Å². The fourth-order valence-electron chi connectivity index (χ4n) is 2.94. The first-order chi connectivity index (χ1) is 14.7. The Bertz CT molecular complexity index is 929. The van der Waals surface area contributed by atoms with E-state index >= 15 is 0 Å². The van der Waals surface area contributed by atoms with Crippen LogP contribution in [-0.4, -0.2) is 17.6 Å². The van der Waals surface area contributed by atoms with E-state index < -0.39 is 0 Å². The highest BCUT2D eigenvalue weighted by Gasteiger charge is 2.04. The molecule has 1 aromatic heterocycles. The van der Waals surface area contributed by atoms with Crippen molar-refractivity contribution in [1.29, 1.82) is 0 Å². The summed E-state index contributed by atoms with van der Waals surface area (Å²) in [6, 6.07) is 18.0. The Morgan fingerprint density at radius 1 is 1.03 bits per heavy atom. The molecule has 2 aromatic carbocycles. The molecule has 0 atom stereocenters. The Kier molecular flexibility index (Phi) is 8.27. The van der Waals surface area contributed by atoms with Gasteiger partial charge in [0.15, 0.2) is 0 Å². The zero-order valence-electron chi connectivity index (χ0n) is 17.3. The van der Waals surface area contributed by atoms with E-state index in [-0.39, 0.29) is 5.97 Å². The highest BCUT2D eigenvalue weighted by molar-refractivity contribution is 5.69. The third-order valence-electron chi connectivity index (χ3n) is 4.50. The standard InChI is InChI=1S/C25H27NO4/c1-2-28-25(27)11-7-6-10-21-12-15-23(16-13-21)29-18-22-19-30-24(26-22)17-14-20-8-4-3-5-9-20/h3-5,8-9,12-17,19H,2,6-7,10-11,18H2,1H3/b17-14+. The second kappa shape index (κ2) is 11.6. The van der Waals surface area contributed by atoms with Crippen LogP contribution in [0.1, 0.15) is 48.9 Å². The number of rotatable bonds is 11. The van der Waals surface area contributed by atoms with Gasteiger partial charge in [-0.15, -0.1) is 0 Å². The molecule has 0 saturated heterocycles. The van der Waals surface area contributed by atoms with E-state index in [4.69, 9.17) is 13.9 Å². The number of aromatic nitrogens is 1. The summed E-state index contributed by atoms with van der Waals surface area (Å²) in [5, 5.41) is 0. The molecular formula is C25H27NO4. The van der Waals surface area contributed by atoms with Gasteiger partial charge in [0.1, 0.15) is 24.3 Å². The number of hydrogen-bond donors (Lipinski definition) is 0. The van der Waals surface area contributed by atoms with Gasteiger partial charge in [-0.25, -0.2) is 4.98 Å². The lowest BCUT2D eigenvalue weighted by Crippen LogP contribution is -2.03. The Morgan fingerprint density at radius 3 is 2.60 bits per heavy atom. The third-order valence-corrected chi connectivity index (χ3v) is 4.50. The zero-order chi connectivity index (χ0) is 21.0. The van der Waals surface area contributed by atoms with E-state index in [2.05, 4.69) is 17.1 Å². The zero-order valence-corrected chi connectivity index (χ0v) is 17.3. The molecule has 0 spiro atoms. The molecule has 0 unspecified atom stereocenters. The average molecular weight is 405 g/mol. The Morgan fingerprint density at radius 2 is 1.83 bits per heavy atom. The average Bonchev–Trinajstić information content (AvgIpc) is 3.23. The lowest BCUT2D eigenvalue weighted by atomic mass is 10.1. The fourth-order valence-corrected chi connectivity index (χ4v) is 2.94. The van der Waals surface area contributed by atoms with Crippen molar-refractivity contribution in [2.45, 2.75) is 39.2 Å². The molecule has 0 aliphatic carbocycles. The molecule has 3 rings (SSSR count). The molecule has 156 valence electrons. The quantitative estimate of drug-likeness (QED) is 0.302. The minimum Gasteiger partial charge on any atom is -0.487 e. The molecule has 3 aromatic rings. The second-order valence-corrected chi connectivity index (χ2v) is 6.87. The van der Waals surface area contributed by atoms with E-state index in [1.54, 1.807) is 6.26 Å². The van der Waals surface area contributed by atoms with Crippen LogP contribution in [-0.2, 0) is 22.6 Å². The number of esters is 1. The molecule has 0 aliphatic heterocycles. The molecule has 5 nitrogen and oxygen atoms in total. The molecule has 0 N–H and O–H groups in total. The summed E-state index contributed by atoms with van der Waals surface area (Å²) in [5.41, 5.74) is 3.06. The lowest BCUT2D eigenvalue weighted by Gasteiger charge is -2.06.